The molecule has 0 bridgehead atoms. The monoisotopic (exact) mass is 220 g/mol. The molecule has 0 saturated heterocycles. The summed E-state index contributed by atoms with van der Waals surface area (Å²) in [5.41, 5.74) is 7.48. The molecule has 1 amide bonds. The van der Waals surface area contributed by atoms with Crippen LogP contribution in [0, 0.1) is 12.8 Å². The normalized spacial score (nSPS) is 12.8. The first-order valence-corrected chi connectivity index (χ1v) is 5.60. The number of hydrogen-bond donors (Lipinski definition) is 2. The van der Waals surface area contributed by atoms with Gasteiger partial charge < -0.3 is 11.1 Å². The number of nitrogens with two attached hydrogens (primary N) is 1. The van der Waals surface area contributed by atoms with Crippen molar-refractivity contribution in [2.24, 2.45) is 11.7 Å². The number of carbonyl (C=O) groups is 1. The minimum absolute atomic E-state index is 0.324. The smallest absolute Gasteiger partial charge is 0.239 e. The summed E-state index contributed by atoms with van der Waals surface area (Å²) >= 11 is 0. The lowest BCUT2D eigenvalue weighted by atomic mass is 10.0. The Morgan fingerprint density at radius 2 is 2.00 bits per heavy atom. The molecule has 0 aromatic heterocycles. The van der Waals surface area contributed by atoms with Gasteiger partial charge in [0.05, 0.1) is 0 Å². The first-order chi connectivity index (χ1) is 7.52. The SMILES string of the molecule is Cc1ccccc1C(NCC(C)C)C(N)=O. The minimum atomic E-state index is -0.386. The van der Waals surface area contributed by atoms with Crippen molar-refractivity contribution < 1.29 is 4.79 Å². The molecule has 0 aliphatic heterocycles. The summed E-state index contributed by atoms with van der Waals surface area (Å²) in [5, 5.41) is 3.20. The lowest BCUT2D eigenvalue weighted by Crippen LogP contribution is -2.36. The van der Waals surface area contributed by atoms with E-state index in [-0.39, 0.29) is 11.9 Å². The molecular formula is C13H20N2O. The molecule has 3 nitrogen and oxygen atoms in total. The second-order valence-electron chi connectivity index (χ2n) is 4.49. The molecule has 0 aliphatic rings. The Labute approximate surface area is 97.0 Å². The standard InChI is InChI=1S/C13H20N2O/c1-9(2)8-15-12(13(14)16)11-7-5-4-6-10(11)3/h4-7,9,12,15H,8H2,1-3H3,(H2,14,16). The molecule has 0 heterocycles. The van der Waals surface area contributed by atoms with Crippen LogP contribution >= 0.6 is 0 Å². The van der Waals surface area contributed by atoms with Crippen molar-refractivity contribution in [1.82, 2.24) is 5.32 Å². The van der Waals surface area contributed by atoms with Gasteiger partial charge in [0.15, 0.2) is 0 Å². The van der Waals surface area contributed by atoms with Gasteiger partial charge in [0.2, 0.25) is 5.91 Å². The molecule has 0 radical (unpaired) electrons. The predicted molar refractivity (Wildman–Crippen MR) is 66.0 cm³/mol. The summed E-state index contributed by atoms with van der Waals surface area (Å²) in [6.07, 6.45) is 0. The van der Waals surface area contributed by atoms with Gasteiger partial charge in [0, 0.05) is 0 Å². The Balaban J connectivity index is 2.86. The van der Waals surface area contributed by atoms with Gasteiger partial charge in [-0.3, -0.25) is 4.79 Å². The van der Waals surface area contributed by atoms with Crippen LogP contribution in [0.25, 0.3) is 0 Å². The quantitative estimate of drug-likeness (QED) is 0.794. The van der Waals surface area contributed by atoms with Crippen LogP contribution < -0.4 is 11.1 Å². The largest absolute Gasteiger partial charge is 0.368 e. The van der Waals surface area contributed by atoms with Gasteiger partial charge in [0.25, 0.3) is 0 Å². The number of primary amides is 1. The highest BCUT2D eigenvalue weighted by Gasteiger charge is 2.18. The van der Waals surface area contributed by atoms with Crippen molar-refractivity contribution >= 4 is 5.91 Å². The van der Waals surface area contributed by atoms with E-state index in [0.29, 0.717) is 5.92 Å². The average Bonchev–Trinajstić information content (AvgIpc) is 2.20. The summed E-state index contributed by atoms with van der Waals surface area (Å²) in [5.74, 6) is 0.167. The first-order valence-electron chi connectivity index (χ1n) is 5.60. The number of aryl methyl sites for hydroxylation is 1. The molecule has 3 N–H and O–H groups in total. The molecule has 1 unspecified atom stereocenters. The maximum absolute atomic E-state index is 11.4. The Bertz CT molecular complexity index is 361. The van der Waals surface area contributed by atoms with Crippen molar-refractivity contribution in [2.75, 3.05) is 6.54 Å². The molecular weight excluding hydrogens is 200 g/mol. The molecule has 1 atom stereocenters. The Kier molecular flexibility index (Phi) is 4.50. The summed E-state index contributed by atoms with van der Waals surface area (Å²) in [6, 6.07) is 7.43. The van der Waals surface area contributed by atoms with E-state index in [9.17, 15) is 4.79 Å². The summed E-state index contributed by atoms with van der Waals surface area (Å²) in [7, 11) is 0. The Morgan fingerprint density at radius 1 is 1.38 bits per heavy atom. The van der Waals surface area contributed by atoms with Gasteiger partial charge in [0.1, 0.15) is 6.04 Å². The van der Waals surface area contributed by atoms with Crippen molar-refractivity contribution in [3.8, 4) is 0 Å². The third-order valence-corrected chi connectivity index (χ3v) is 2.51. The van der Waals surface area contributed by atoms with Crippen molar-refractivity contribution in [3.63, 3.8) is 0 Å². The summed E-state index contributed by atoms with van der Waals surface area (Å²) < 4.78 is 0. The van der Waals surface area contributed by atoms with E-state index in [1.165, 1.54) is 0 Å². The topological polar surface area (TPSA) is 55.1 Å². The zero-order chi connectivity index (χ0) is 12.1. The number of hydrogen-bond acceptors (Lipinski definition) is 2. The van der Waals surface area contributed by atoms with Crippen LogP contribution in [0.2, 0.25) is 0 Å². The van der Waals surface area contributed by atoms with E-state index < -0.39 is 0 Å². The van der Waals surface area contributed by atoms with Gasteiger partial charge in [-0.2, -0.15) is 0 Å². The fourth-order valence-corrected chi connectivity index (χ4v) is 1.63. The number of rotatable bonds is 5. The highest BCUT2D eigenvalue weighted by atomic mass is 16.1. The fourth-order valence-electron chi connectivity index (χ4n) is 1.63. The van der Waals surface area contributed by atoms with Crippen molar-refractivity contribution in [3.05, 3.63) is 35.4 Å². The van der Waals surface area contributed by atoms with E-state index in [2.05, 4.69) is 19.2 Å². The van der Waals surface area contributed by atoms with Crippen molar-refractivity contribution in [2.45, 2.75) is 26.8 Å². The van der Waals surface area contributed by atoms with Gasteiger partial charge in [-0.15, -0.1) is 0 Å². The van der Waals surface area contributed by atoms with E-state index in [4.69, 9.17) is 5.73 Å². The van der Waals surface area contributed by atoms with E-state index in [1.807, 2.05) is 31.2 Å². The highest BCUT2D eigenvalue weighted by Crippen LogP contribution is 2.17. The fraction of sp³-hybridized carbons (Fsp3) is 0.462. The summed E-state index contributed by atoms with van der Waals surface area (Å²) in [4.78, 5) is 11.4. The van der Waals surface area contributed by atoms with E-state index in [1.54, 1.807) is 0 Å². The lowest BCUT2D eigenvalue weighted by Gasteiger charge is -2.19. The number of benzene rings is 1. The van der Waals surface area contributed by atoms with Crippen LogP contribution in [0.3, 0.4) is 0 Å². The second-order valence-corrected chi connectivity index (χ2v) is 4.49. The molecule has 0 saturated carbocycles. The van der Waals surface area contributed by atoms with Crippen LogP contribution in [0.1, 0.15) is 31.0 Å². The van der Waals surface area contributed by atoms with Crippen LogP contribution in [0.15, 0.2) is 24.3 Å². The van der Waals surface area contributed by atoms with Crippen molar-refractivity contribution in [1.29, 1.82) is 0 Å². The van der Waals surface area contributed by atoms with Crippen LogP contribution in [-0.4, -0.2) is 12.5 Å². The molecule has 1 rings (SSSR count). The number of carbonyl (C=O) groups excluding carboxylic acids is 1. The lowest BCUT2D eigenvalue weighted by molar-refractivity contribution is -0.120. The molecule has 1 aromatic carbocycles. The van der Waals surface area contributed by atoms with E-state index in [0.717, 1.165) is 17.7 Å². The van der Waals surface area contributed by atoms with Gasteiger partial charge >= 0.3 is 0 Å². The van der Waals surface area contributed by atoms with Gasteiger partial charge in [-0.1, -0.05) is 38.1 Å². The maximum Gasteiger partial charge on any atom is 0.239 e. The van der Waals surface area contributed by atoms with Crippen LogP contribution in [-0.2, 0) is 4.79 Å². The molecule has 3 heteroatoms. The van der Waals surface area contributed by atoms with Gasteiger partial charge in [-0.05, 0) is 30.5 Å². The maximum atomic E-state index is 11.4. The molecule has 16 heavy (non-hydrogen) atoms. The van der Waals surface area contributed by atoms with E-state index >= 15 is 0 Å². The minimum Gasteiger partial charge on any atom is -0.368 e. The zero-order valence-electron chi connectivity index (χ0n) is 10.2. The first kappa shape index (κ1) is 12.7. The Morgan fingerprint density at radius 3 is 2.50 bits per heavy atom. The summed E-state index contributed by atoms with van der Waals surface area (Å²) in [6.45, 7) is 6.97. The third-order valence-electron chi connectivity index (χ3n) is 2.51. The Hall–Kier alpha value is -1.35. The average molecular weight is 220 g/mol. The molecule has 0 spiro atoms. The number of nitrogens with one attached hydrogen (secondary N) is 1. The number of amides is 1. The highest BCUT2D eigenvalue weighted by molar-refractivity contribution is 5.81. The molecule has 0 fully saturated rings. The van der Waals surface area contributed by atoms with Gasteiger partial charge in [-0.25, -0.2) is 0 Å². The molecule has 88 valence electrons. The second kappa shape index (κ2) is 5.66. The zero-order valence-corrected chi connectivity index (χ0v) is 10.2. The predicted octanol–water partition coefficient (Wildman–Crippen LogP) is 1.77. The van der Waals surface area contributed by atoms with Crippen LogP contribution in [0.4, 0.5) is 0 Å². The van der Waals surface area contributed by atoms with Crippen LogP contribution in [0.5, 0.6) is 0 Å². The molecule has 1 aromatic rings. The molecule has 0 aliphatic carbocycles. The third kappa shape index (κ3) is 3.35.